The second kappa shape index (κ2) is 8.65. The summed E-state index contributed by atoms with van der Waals surface area (Å²) >= 11 is 0. The van der Waals surface area contributed by atoms with Crippen molar-refractivity contribution in [2.75, 3.05) is 0 Å². The summed E-state index contributed by atoms with van der Waals surface area (Å²) in [5, 5.41) is 20.7. The number of allylic oxidation sites excluding steroid dienone is 1. The maximum absolute atomic E-state index is 10.3. The Hall–Kier alpha value is -2.33. The van der Waals surface area contributed by atoms with Gasteiger partial charge >= 0.3 is 0 Å². The third kappa shape index (κ3) is 3.71. The van der Waals surface area contributed by atoms with Crippen LogP contribution >= 0.6 is 0 Å². The molecule has 3 saturated carbocycles. The van der Waals surface area contributed by atoms with Gasteiger partial charge in [-0.2, -0.15) is 10.2 Å². The molecule has 184 valence electrons. The van der Waals surface area contributed by atoms with E-state index in [1.807, 2.05) is 36.7 Å². The first kappa shape index (κ1) is 23.1. The minimum atomic E-state index is -0.125. The van der Waals surface area contributed by atoms with Crippen molar-refractivity contribution in [1.82, 2.24) is 4.98 Å². The van der Waals surface area contributed by atoms with Crippen molar-refractivity contribution < 1.29 is 5.11 Å². The van der Waals surface area contributed by atoms with Crippen molar-refractivity contribution in [3.05, 3.63) is 53.7 Å². The lowest BCUT2D eigenvalue weighted by molar-refractivity contribution is -0.0423. The fourth-order valence-electron chi connectivity index (χ4n) is 8.81. The van der Waals surface area contributed by atoms with Crippen LogP contribution in [0.25, 0.3) is 10.9 Å². The van der Waals surface area contributed by atoms with Gasteiger partial charge in [-0.05, 0) is 99.0 Å². The standard InChI is InChI=1S/C31H39N3O/c1-20(34-33-19-21-14-17-32-29-7-5-4-6-24(21)29)26-10-11-27-25-9-8-22-18-23(35)12-15-30(22,2)28(25)13-16-31(26,27)3/h4-8,14,17,19,23,25-28,35H,9-13,15-16,18H2,1-3H3/b33-19+,34-20-/t23-,25?,26?,27?,28?,30?,31?/m0/s1. The minimum Gasteiger partial charge on any atom is -0.393 e. The third-order valence-corrected chi connectivity index (χ3v) is 10.7. The predicted octanol–water partition coefficient (Wildman–Crippen LogP) is 6.97. The Morgan fingerprint density at radius 2 is 1.91 bits per heavy atom. The number of fused-ring (bicyclic) bond motifs is 6. The molecular weight excluding hydrogens is 430 g/mol. The molecule has 0 amide bonds. The number of aliphatic hydroxyl groups is 1. The molecule has 6 rings (SSSR count). The van der Waals surface area contributed by atoms with Gasteiger partial charge in [0.1, 0.15) is 0 Å². The van der Waals surface area contributed by atoms with Gasteiger partial charge in [-0.15, -0.1) is 0 Å². The molecule has 6 unspecified atom stereocenters. The van der Waals surface area contributed by atoms with E-state index < -0.39 is 0 Å². The van der Waals surface area contributed by atoms with Crippen molar-refractivity contribution in [3.8, 4) is 0 Å². The van der Waals surface area contributed by atoms with Gasteiger partial charge in [0.15, 0.2) is 0 Å². The highest BCUT2D eigenvalue weighted by Crippen LogP contribution is 2.66. The van der Waals surface area contributed by atoms with Gasteiger partial charge in [0.05, 0.1) is 17.8 Å². The molecule has 0 bridgehead atoms. The first-order valence-corrected chi connectivity index (χ1v) is 13.7. The Morgan fingerprint density at radius 3 is 2.80 bits per heavy atom. The van der Waals surface area contributed by atoms with Crippen molar-refractivity contribution in [1.29, 1.82) is 0 Å². The molecule has 2 aromatic rings. The van der Waals surface area contributed by atoms with Crippen molar-refractivity contribution in [3.63, 3.8) is 0 Å². The first-order chi connectivity index (χ1) is 16.9. The maximum atomic E-state index is 10.3. The normalized spacial score (nSPS) is 39.3. The summed E-state index contributed by atoms with van der Waals surface area (Å²) in [6.45, 7) is 7.27. The number of hydrogen-bond donors (Lipinski definition) is 1. The second-order valence-electron chi connectivity index (χ2n) is 12.2. The summed E-state index contributed by atoms with van der Waals surface area (Å²) in [7, 11) is 0. The highest BCUT2D eigenvalue weighted by molar-refractivity contribution is 5.98. The molecule has 35 heavy (non-hydrogen) atoms. The van der Waals surface area contributed by atoms with Crippen molar-refractivity contribution in [2.45, 2.75) is 78.2 Å². The van der Waals surface area contributed by atoms with E-state index in [2.05, 4.69) is 43.0 Å². The molecule has 4 aliphatic carbocycles. The number of aliphatic hydroxyl groups excluding tert-OH is 1. The molecular formula is C31H39N3O. The smallest absolute Gasteiger partial charge is 0.0708 e. The van der Waals surface area contributed by atoms with Crippen LogP contribution in [-0.2, 0) is 0 Å². The Bertz CT molecular complexity index is 1210. The monoisotopic (exact) mass is 469 g/mol. The Kier molecular flexibility index (Phi) is 5.71. The molecule has 1 aromatic carbocycles. The molecule has 7 atom stereocenters. The van der Waals surface area contributed by atoms with Crippen molar-refractivity contribution in [2.24, 2.45) is 44.7 Å². The van der Waals surface area contributed by atoms with Gasteiger partial charge in [0, 0.05) is 28.8 Å². The van der Waals surface area contributed by atoms with Crippen LogP contribution in [-0.4, -0.2) is 28.1 Å². The van der Waals surface area contributed by atoms with Gasteiger partial charge in [0.25, 0.3) is 0 Å². The lowest BCUT2D eigenvalue weighted by Gasteiger charge is -2.58. The van der Waals surface area contributed by atoms with Crippen LogP contribution in [0.15, 0.2) is 58.4 Å². The SMILES string of the molecule is C/C(=N/N=C/c1ccnc2ccccc12)C1CCC2C3CC=C4C[C@@H](O)CCC4(C)C3CCC12C. The molecule has 3 fully saturated rings. The molecule has 1 heterocycles. The maximum Gasteiger partial charge on any atom is 0.0708 e. The number of benzene rings is 1. The molecule has 4 heteroatoms. The number of rotatable bonds is 3. The summed E-state index contributed by atoms with van der Waals surface area (Å²) < 4.78 is 0. The average Bonchev–Trinajstić information content (AvgIpc) is 3.22. The quantitative estimate of drug-likeness (QED) is 0.300. The van der Waals surface area contributed by atoms with E-state index in [1.54, 1.807) is 5.57 Å². The van der Waals surface area contributed by atoms with Gasteiger partial charge in [-0.1, -0.05) is 43.7 Å². The van der Waals surface area contributed by atoms with E-state index in [0.717, 1.165) is 53.5 Å². The zero-order chi connectivity index (χ0) is 24.2. The average molecular weight is 470 g/mol. The van der Waals surface area contributed by atoms with Crippen LogP contribution in [0.3, 0.4) is 0 Å². The lowest BCUT2D eigenvalue weighted by atomic mass is 9.47. The van der Waals surface area contributed by atoms with Crippen LogP contribution in [0, 0.1) is 34.5 Å². The fourth-order valence-corrected chi connectivity index (χ4v) is 8.81. The van der Waals surface area contributed by atoms with E-state index in [4.69, 9.17) is 5.10 Å². The molecule has 0 radical (unpaired) electrons. The zero-order valence-electron chi connectivity index (χ0n) is 21.5. The summed E-state index contributed by atoms with van der Waals surface area (Å²) in [6.07, 6.45) is 15.6. The number of nitrogens with zero attached hydrogens (tertiary/aromatic N) is 3. The first-order valence-electron chi connectivity index (χ1n) is 13.7. The Labute approximate surface area is 209 Å². The minimum absolute atomic E-state index is 0.125. The summed E-state index contributed by atoms with van der Waals surface area (Å²) in [4.78, 5) is 4.46. The number of hydrogen-bond acceptors (Lipinski definition) is 4. The van der Waals surface area contributed by atoms with E-state index >= 15 is 0 Å². The molecule has 1 aromatic heterocycles. The lowest BCUT2D eigenvalue weighted by Crippen LogP contribution is -2.50. The number of para-hydroxylation sites is 1. The molecule has 0 aliphatic heterocycles. The topological polar surface area (TPSA) is 57.8 Å². The molecule has 0 spiro atoms. The van der Waals surface area contributed by atoms with Gasteiger partial charge in [-0.25, -0.2) is 0 Å². The predicted molar refractivity (Wildman–Crippen MR) is 144 cm³/mol. The third-order valence-electron chi connectivity index (χ3n) is 10.7. The van der Waals surface area contributed by atoms with Gasteiger partial charge in [-0.3, -0.25) is 4.98 Å². The van der Waals surface area contributed by atoms with Crippen LogP contribution in [0.1, 0.15) is 77.7 Å². The Balaban J connectivity index is 1.22. The molecule has 0 saturated heterocycles. The number of aromatic nitrogens is 1. The van der Waals surface area contributed by atoms with Crippen LogP contribution in [0.4, 0.5) is 0 Å². The zero-order valence-corrected chi connectivity index (χ0v) is 21.5. The van der Waals surface area contributed by atoms with E-state index in [-0.39, 0.29) is 6.10 Å². The van der Waals surface area contributed by atoms with E-state index in [9.17, 15) is 5.11 Å². The summed E-state index contributed by atoms with van der Waals surface area (Å²) in [5.74, 6) is 2.85. The van der Waals surface area contributed by atoms with Crippen LogP contribution in [0.5, 0.6) is 0 Å². The van der Waals surface area contributed by atoms with E-state index in [0.29, 0.717) is 16.7 Å². The van der Waals surface area contributed by atoms with Gasteiger partial charge in [0.2, 0.25) is 0 Å². The highest BCUT2D eigenvalue weighted by atomic mass is 16.3. The summed E-state index contributed by atoms with van der Waals surface area (Å²) in [5.41, 5.74) is 5.45. The molecule has 1 N–H and O–H groups in total. The number of pyridine rings is 1. The Morgan fingerprint density at radius 1 is 1.06 bits per heavy atom. The van der Waals surface area contributed by atoms with Crippen LogP contribution < -0.4 is 0 Å². The fraction of sp³-hybridized carbons (Fsp3) is 0.581. The van der Waals surface area contributed by atoms with E-state index in [1.165, 1.54) is 37.8 Å². The van der Waals surface area contributed by atoms with Gasteiger partial charge < -0.3 is 5.11 Å². The largest absolute Gasteiger partial charge is 0.393 e. The molecule has 4 aliphatic rings. The second-order valence-corrected chi connectivity index (χ2v) is 12.2. The highest BCUT2D eigenvalue weighted by Gasteiger charge is 2.58. The summed E-state index contributed by atoms with van der Waals surface area (Å²) in [6, 6.07) is 10.2. The van der Waals surface area contributed by atoms with Crippen LogP contribution in [0.2, 0.25) is 0 Å². The molecule has 4 nitrogen and oxygen atoms in total. The van der Waals surface area contributed by atoms with Crippen molar-refractivity contribution >= 4 is 22.8 Å².